The maximum Gasteiger partial charge on any atom is 0.301 e. The van der Waals surface area contributed by atoms with Crippen LogP contribution in [0.4, 0.5) is 31.9 Å². The van der Waals surface area contributed by atoms with Crippen LogP contribution in [0, 0.1) is 17.3 Å². The first-order valence-electron chi connectivity index (χ1n) is 20.2. The van der Waals surface area contributed by atoms with Crippen LogP contribution in [0.3, 0.4) is 0 Å². The van der Waals surface area contributed by atoms with Gasteiger partial charge in [-0.1, -0.05) is 18.5 Å². The molecule has 6 heterocycles. The molecular formula is C42H44ClF2N9O5. The number of amides is 2. The number of fused-ring (bicyclic) bond motifs is 4. The Morgan fingerprint density at radius 3 is 2.59 bits per heavy atom. The maximum absolute atomic E-state index is 15.2. The number of aryl methyl sites for hydroxylation is 2. The van der Waals surface area contributed by atoms with Gasteiger partial charge in [0, 0.05) is 61.5 Å². The van der Waals surface area contributed by atoms with E-state index in [-0.39, 0.29) is 40.7 Å². The number of carbonyl (C=O) groups is 2. The first kappa shape index (κ1) is 37.7. The Labute approximate surface area is 342 Å². The van der Waals surface area contributed by atoms with E-state index in [1.807, 2.05) is 25.2 Å². The molecule has 10 rings (SSSR count). The average molecular weight is 828 g/mol. The summed E-state index contributed by atoms with van der Waals surface area (Å²) in [5.74, 6) is -2.45. The molecule has 2 amide bonds. The van der Waals surface area contributed by atoms with Crippen molar-refractivity contribution in [3.8, 4) is 11.5 Å². The number of imide groups is 1. The predicted octanol–water partition coefficient (Wildman–Crippen LogP) is 6.42. The Kier molecular flexibility index (Phi) is 8.82. The smallest absolute Gasteiger partial charge is 0.301 e. The molecule has 2 unspecified atom stereocenters. The number of nitrogens with zero attached hydrogens (tertiary/aromatic N) is 6. The molecule has 59 heavy (non-hydrogen) atoms. The Hall–Kier alpha value is -5.51. The lowest BCUT2D eigenvalue weighted by atomic mass is 9.64. The van der Waals surface area contributed by atoms with E-state index in [1.165, 1.54) is 4.57 Å². The summed E-state index contributed by atoms with van der Waals surface area (Å²) in [4.78, 5) is 49.1. The SMILES string of the molecule is C[C@H]1CC2(CCC1Oc1ccc3c(C4CCC(=O)NC4=O)nn(C)c3c1)CN(c1ncc(Cl)c(Nc3ccc4c(c3)c3c(c(=O)n4C)OCC(F)(F)[C@H](C4CC4)N3)n1)C2. The summed E-state index contributed by atoms with van der Waals surface area (Å²) in [6, 6.07) is 10.1. The van der Waals surface area contributed by atoms with Gasteiger partial charge in [-0.05, 0) is 80.7 Å². The van der Waals surface area contributed by atoms with Crippen LogP contribution in [0.1, 0.15) is 63.5 Å². The van der Waals surface area contributed by atoms with Crippen LogP contribution in [-0.2, 0) is 23.7 Å². The monoisotopic (exact) mass is 827 g/mol. The molecule has 308 valence electrons. The number of aromatic nitrogens is 5. The molecule has 3 aliphatic heterocycles. The molecule has 0 bridgehead atoms. The highest BCUT2D eigenvalue weighted by molar-refractivity contribution is 6.33. The molecule has 17 heteroatoms. The molecule has 5 aromatic rings. The van der Waals surface area contributed by atoms with Gasteiger partial charge in [-0.2, -0.15) is 10.1 Å². The highest BCUT2D eigenvalue weighted by Gasteiger charge is 2.52. The van der Waals surface area contributed by atoms with Gasteiger partial charge in [0.1, 0.15) is 16.9 Å². The van der Waals surface area contributed by atoms with Gasteiger partial charge < -0.3 is 29.6 Å². The molecule has 3 aromatic heterocycles. The van der Waals surface area contributed by atoms with Gasteiger partial charge in [-0.25, -0.2) is 13.8 Å². The fourth-order valence-electron chi connectivity index (χ4n) is 9.76. The molecule has 2 aromatic carbocycles. The minimum absolute atomic E-state index is 0.0368. The Balaban J connectivity index is 0.814. The molecule has 5 aliphatic rings. The second-order valence-corrected chi connectivity index (χ2v) is 17.6. The van der Waals surface area contributed by atoms with Crippen LogP contribution in [0.15, 0.2) is 47.4 Å². The summed E-state index contributed by atoms with van der Waals surface area (Å²) in [7, 11) is 3.45. The van der Waals surface area contributed by atoms with Crippen molar-refractivity contribution in [3.63, 3.8) is 0 Å². The quantitative estimate of drug-likeness (QED) is 0.156. The van der Waals surface area contributed by atoms with Gasteiger partial charge in [0.25, 0.3) is 5.56 Å². The van der Waals surface area contributed by atoms with Crippen LogP contribution in [0.25, 0.3) is 21.8 Å². The Morgan fingerprint density at radius 1 is 1.02 bits per heavy atom. The topological polar surface area (TPSA) is 158 Å². The number of benzene rings is 2. The fourth-order valence-corrected chi connectivity index (χ4v) is 9.90. The summed E-state index contributed by atoms with van der Waals surface area (Å²) in [6.07, 6.45) is 6.60. The summed E-state index contributed by atoms with van der Waals surface area (Å²) in [6.45, 7) is 2.96. The van der Waals surface area contributed by atoms with Gasteiger partial charge in [-0.3, -0.25) is 24.4 Å². The largest absolute Gasteiger partial charge is 0.490 e. The number of ether oxygens (including phenoxy) is 2. The number of rotatable bonds is 7. The van der Waals surface area contributed by atoms with E-state index in [9.17, 15) is 14.4 Å². The number of alkyl halides is 2. The van der Waals surface area contributed by atoms with Crippen molar-refractivity contribution in [2.45, 2.75) is 75.9 Å². The van der Waals surface area contributed by atoms with E-state index in [0.717, 1.165) is 49.0 Å². The van der Waals surface area contributed by atoms with Gasteiger partial charge in [0.2, 0.25) is 23.5 Å². The number of pyridine rings is 1. The van der Waals surface area contributed by atoms with Crippen LogP contribution >= 0.6 is 11.6 Å². The fraction of sp³-hybridized carbons (Fsp3) is 0.476. The molecule has 2 saturated heterocycles. The highest BCUT2D eigenvalue weighted by atomic mass is 35.5. The first-order valence-corrected chi connectivity index (χ1v) is 20.6. The lowest BCUT2D eigenvalue weighted by molar-refractivity contribution is -0.134. The van der Waals surface area contributed by atoms with Crippen molar-refractivity contribution in [2.24, 2.45) is 31.3 Å². The molecule has 4 atom stereocenters. The minimum Gasteiger partial charge on any atom is -0.490 e. The van der Waals surface area contributed by atoms with E-state index in [0.29, 0.717) is 70.7 Å². The minimum atomic E-state index is -3.14. The summed E-state index contributed by atoms with van der Waals surface area (Å²) < 4.78 is 45.6. The third-order valence-electron chi connectivity index (χ3n) is 13.0. The predicted molar refractivity (Wildman–Crippen MR) is 218 cm³/mol. The summed E-state index contributed by atoms with van der Waals surface area (Å²) in [5, 5.41) is 15.2. The van der Waals surface area contributed by atoms with E-state index in [2.05, 4.69) is 37.9 Å². The van der Waals surface area contributed by atoms with Gasteiger partial charge >= 0.3 is 5.92 Å². The zero-order chi connectivity index (χ0) is 41.0. The van der Waals surface area contributed by atoms with Crippen LogP contribution in [0.2, 0.25) is 5.02 Å². The zero-order valence-electron chi connectivity index (χ0n) is 32.9. The molecule has 1 spiro atoms. The number of hydrogen-bond donors (Lipinski definition) is 3. The number of carbonyl (C=O) groups excluding carboxylic acids is 2. The van der Waals surface area contributed by atoms with Crippen molar-refractivity contribution in [1.29, 1.82) is 0 Å². The van der Waals surface area contributed by atoms with Crippen molar-refractivity contribution in [3.05, 3.63) is 63.7 Å². The number of piperidine rings is 1. The Morgan fingerprint density at radius 2 is 1.83 bits per heavy atom. The number of nitrogens with one attached hydrogen (secondary N) is 3. The lowest BCUT2D eigenvalue weighted by Gasteiger charge is -2.55. The molecule has 0 radical (unpaired) electrons. The van der Waals surface area contributed by atoms with Gasteiger partial charge in [0.05, 0.1) is 40.6 Å². The summed E-state index contributed by atoms with van der Waals surface area (Å²) >= 11 is 6.62. The van der Waals surface area contributed by atoms with Crippen molar-refractivity contribution >= 4 is 68.4 Å². The van der Waals surface area contributed by atoms with Crippen LogP contribution < -0.4 is 35.9 Å². The summed E-state index contributed by atoms with van der Waals surface area (Å²) in [5.41, 5.74) is 2.62. The lowest BCUT2D eigenvalue weighted by Crippen LogP contribution is -2.60. The van der Waals surface area contributed by atoms with Gasteiger partial charge in [-0.15, -0.1) is 0 Å². The van der Waals surface area contributed by atoms with E-state index < -0.39 is 30.0 Å². The molecule has 2 saturated carbocycles. The molecule has 2 aliphatic carbocycles. The van der Waals surface area contributed by atoms with Gasteiger partial charge in [0.15, 0.2) is 12.4 Å². The number of anilines is 4. The second-order valence-electron chi connectivity index (χ2n) is 17.2. The van der Waals surface area contributed by atoms with E-state index in [1.54, 1.807) is 36.1 Å². The molecule has 4 fully saturated rings. The first-order chi connectivity index (χ1) is 28.3. The van der Waals surface area contributed by atoms with Crippen LogP contribution in [0.5, 0.6) is 11.5 Å². The second kappa shape index (κ2) is 13.8. The standard InChI is InChI=1S/C42H44ClF2N9O5/c1-21-16-41(13-12-31(21)59-24-7-8-25-30(15-24)53(3)51-33(25)26-9-11-32(55)48-38(26)56)18-54(19-41)40-46-17-28(43)37(50-40)47-23-6-10-29-27(14-23)34-35(39(57)52(29)2)58-20-42(44,45)36(49-34)22-4-5-22/h6-8,10,14-15,17,21-22,26,31,36,49H,4-5,9,11-13,16,18-20H2,1-3H3,(H,46,47,50)(H,48,55,56)/t21-,26?,31?,36-/m0/s1. The number of hydrogen-bond acceptors (Lipinski definition) is 11. The third kappa shape index (κ3) is 6.59. The normalized spacial score (nSPS) is 24.8. The van der Waals surface area contributed by atoms with Crippen molar-refractivity contribution in [2.75, 3.05) is 35.2 Å². The van der Waals surface area contributed by atoms with E-state index >= 15 is 8.78 Å². The molecular weight excluding hydrogens is 784 g/mol. The Bertz CT molecular complexity index is 2620. The number of halogens is 3. The third-order valence-corrected chi connectivity index (χ3v) is 13.3. The molecule has 3 N–H and O–H groups in total. The van der Waals surface area contributed by atoms with Crippen molar-refractivity contribution < 1.29 is 27.8 Å². The van der Waals surface area contributed by atoms with E-state index in [4.69, 9.17) is 26.1 Å². The maximum atomic E-state index is 15.2. The molecule has 14 nitrogen and oxygen atoms in total. The van der Waals surface area contributed by atoms with Crippen LogP contribution in [-0.4, -0.2) is 73.9 Å². The highest BCUT2D eigenvalue weighted by Crippen LogP contribution is 2.49. The average Bonchev–Trinajstić information content (AvgIpc) is 4.00. The zero-order valence-corrected chi connectivity index (χ0v) is 33.6. The van der Waals surface area contributed by atoms with Crippen molar-refractivity contribution in [1.82, 2.24) is 29.6 Å².